The number of anilines is 2. The second-order valence-corrected chi connectivity index (χ2v) is 6.86. The molecule has 0 radical (unpaired) electrons. The van der Waals surface area contributed by atoms with Crippen molar-refractivity contribution >= 4 is 24.0 Å². The van der Waals surface area contributed by atoms with E-state index in [4.69, 9.17) is 4.84 Å². The van der Waals surface area contributed by atoms with Gasteiger partial charge < -0.3 is 0 Å². The average molecular weight is 398 g/mol. The van der Waals surface area contributed by atoms with E-state index < -0.39 is 17.6 Å². The smallest absolute Gasteiger partial charge is 0.243 e. The van der Waals surface area contributed by atoms with Gasteiger partial charge in [-0.3, -0.25) is 30.5 Å². The van der Waals surface area contributed by atoms with Gasteiger partial charge in [-0.1, -0.05) is 25.7 Å². The summed E-state index contributed by atoms with van der Waals surface area (Å²) in [6.45, 7) is 1.44. The second kappa shape index (κ2) is 10.1. The zero-order valence-electron chi connectivity index (χ0n) is 16.3. The number of aromatic nitrogens is 2. The van der Waals surface area contributed by atoms with E-state index in [-0.39, 0.29) is 30.4 Å². The van der Waals surface area contributed by atoms with Crippen LogP contribution in [0.4, 0.5) is 16.0 Å². The summed E-state index contributed by atoms with van der Waals surface area (Å²) in [5, 5.41) is 11.1. The third-order valence-corrected chi connectivity index (χ3v) is 4.81. The van der Waals surface area contributed by atoms with Crippen LogP contribution in [-0.2, 0) is 14.4 Å². The molecule has 0 spiro atoms. The number of hydrazine groups is 1. The lowest BCUT2D eigenvalue weighted by Crippen LogP contribution is -2.41. The van der Waals surface area contributed by atoms with Gasteiger partial charge in [-0.05, 0) is 19.3 Å². The monoisotopic (exact) mass is 398 g/mol. The Morgan fingerprint density at radius 3 is 2.71 bits per heavy atom. The first-order chi connectivity index (χ1) is 13.3. The Bertz CT molecular complexity index is 686. The molecule has 1 atom stereocenters. The predicted octanol–water partition coefficient (Wildman–Crippen LogP) is 1.41. The predicted molar refractivity (Wildman–Crippen MR) is 98.5 cm³/mol. The Hall–Kier alpha value is -2.53. The molecule has 28 heavy (non-hydrogen) atoms. The lowest BCUT2D eigenvalue weighted by atomic mass is 9.92. The Kier molecular flexibility index (Phi) is 7.88. The van der Waals surface area contributed by atoms with Crippen molar-refractivity contribution in [1.29, 1.82) is 0 Å². The van der Waals surface area contributed by atoms with Crippen molar-refractivity contribution in [3.63, 3.8) is 0 Å². The second-order valence-electron chi connectivity index (χ2n) is 6.86. The van der Waals surface area contributed by atoms with Gasteiger partial charge in [0.05, 0.1) is 19.6 Å². The first-order valence-electron chi connectivity index (χ1n) is 9.14. The standard InChI is InChI=1S/C17H27FN6O4/c1-11-19-15(14(18)16(20-11)23(2)28-3)21-22-17(26)13(9-24(27)10-25)8-12-6-4-5-7-12/h10,12-13,27H,4-9H2,1-3H3,(H,22,26)(H,19,20,21)/t13-/m0/s1. The molecule has 0 aromatic carbocycles. The third kappa shape index (κ3) is 5.73. The largest absolute Gasteiger partial charge is 0.286 e. The highest BCUT2D eigenvalue weighted by Crippen LogP contribution is 2.30. The number of halogens is 1. The summed E-state index contributed by atoms with van der Waals surface area (Å²) >= 11 is 0. The Labute approximate surface area is 163 Å². The van der Waals surface area contributed by atoms with Crippen molar-refractivity contribution in [1.82, 2.24) is 20.5 Å². The summed E-state index contributed by atoms with van der Waals surface area (Å²) in [5.74, 6) is -1.56. The van der Waals surface area contributed by atoms with E-state index in [1.807, 2.05) is 0 Å². The van der Waals surface area contributed by atoms with Crippen LogP contribution in [0.15, 0.2) is 0 Å². The zero-order valence-corrected chi connectivity index (χ0v) is 16.3. The van der Waals surface area contributed by atoms with Crippen molar-refractivity contribution in [2.24, 2.45) is 11.8 Å². The number of rotatable bonds is 10. The van der Waals surface area contributed by atoms with Crippen LogP contribution in [0.5, 0.6) is 0 Å². The normalized spacial score (nSPS) is 15.2. The molecule has 156 valence electrons. The van der Waals surface area contributed by atoms with Gasteiger partial charge in [0.15, 0.2) is 11.6 Å². The SMILES string of the molecule is CON(C)c1nc(C)nc(NNC(=O)[C@@H](CC2CCCC2)CN(O)C=O)c1F. The molecule has 1 saturated carbocycles. The van der Waals surface area contributed by atoms with Crippen molar-refractivity contribution in [2.75, 3.05) is 31.2 Å². The summed E-state index contributed by atoms with van der Waals surface area (Å²) < 4.78 is 14.6. The molecule has 10 nitrogen and oxygen atoms in total. The molecule has 1 aliphatic rings. The van der Waals surface area contributed by atoms with E-state index >= 15 is 0 Å². The molecule has 2 amide bonds. The molecular formula is C17H27FN6O4. The number of aryl methyl sites for hydroxylation is 1. The highest BCUT2D eigenvalue weighted by molar-refractivity contribution is 5.80. The molecule has 1 heterocycles. The fourth-order valence-corrected chi connectivity index (χ4v) is 3.33. The van der Waals surface area contributed by atoms with Gasteiger partial charge in [0, 0.05) is 7.05 Å². The summed E-state index contributed by atoms with van der Waals surface area (Å²) in [4.78, 5) is 36.2. The number of carbonyl (C=O) groups is 2. The maximum atomic E-state index is 14.6. The Balaban J connectivity index is 2.08. The first kappa shape index (κ1) is 21.8. The van der Waals surface area contributed by atoms with Gasteiger partial charge in [-0.2, -0.15) is 4.39 Å². The van der Waals surface area contributed by atoms with Crippen LogP contribution in [0.2, 0.25) is 0 Å². The van der Waals surface area contributed by atoms with Gasteiger partial charge in [0.1, 0.15) is 5.82 Å². The van der Waals surface area contributed by atoms with Crippen LogP contribution in [0.3, 0.4) is 0 Å². The average Bonchev–Trinajstić information content (AvgIpc) is 3.19. The van der Waals surface area contributed by atoms with Crippen LogP contribution in [0.25, 0.3) is 0 Å². The lowest BCUT2D eigenvalue weighted by molar-refractivity contribution is -0.154. The maximum Gasteiger partial charge on any atom is 0.243 e. The van der Waals surface area contributed by atoms with Gasteiger partial charge in [0.2, 0.25) is 18.1 Å². The van der Waals surface area contributed by atoms with E-state index in [1.54, 1.807) is 6.92 Å². The number of nitrogens with one attached hydrogen (secondary N) is 2. The van der Waals surface area contributed by atoms with E-state index in [1.165, 1.54) is 14.2 Å². The van der Waals surface area contributed by atoms with Crippen molar-refractivity contribution in [2.45, 2.75) is 39.0 Å². The van der Waals surface area contributed by atoms with Crippen LogP contribution in [-0.4, -0.2) is 53.3 Å². The molecule has 0 unspecified atom stereocenters. The van der Waals surface area contributed by atoms with Gasteiger partial charge >= 0.3 is 0 Å². The molecular weight excluding hydrogens is 371 g/mol. The lowest BCUT2D eigenvalue weighted by Gasteiger charge is -2.23. The number of nitrogens with zero attached hydrogens (tertiary/aromatic N) is 4. The molecule has 3 N–H and O–H groups in total. The number of hydrogen-bond acceptors (Lipinski definition) is 8. The Morgan fingerprint density at radius 2 is 2.11 bits per heavy atom. The number of hydroxylamine groups is 3. The van der Waals surface area contributed by atoms with Crippen molar-refractivity contribution < 1.29 is 24.0 Å². The quantitative estimate of drug-likeness (QED) is 0.307. The maximum absolute atomic E-state index is 14.6. The molecule has 1 aromatic rings. The van der Waals surface area contributed by atoms with E-state index in [9.17, 15) is 19.2 Å². The molecule has 1 aliphatic carbocycles. The minimum absolute atomic E-state index is 0.0863. The number of carbonyl (C=O) groups excluding carboxylic acids is 2. The van der Waals surface area contributed by atoms with Gasteiger partial charge in [-0.25, -0.2) is 20.1 Å². The van der Waals surface area contributed by atoms with Gasteiger partial charge in [-0.15, -0.1) is 0 Å². The minimum Gasteiger partial charge on any atom is -0.286 e. The third-order valence-electron chi connectivity index (χ3n) is 4.81. The highest BCUT2D eigenvalue weighted by atomic mass is 19.1. The zero-order chi connectivity index (χ0) is 20.7. The van der Waals surface area contributed by atoms with Crippen LogP contribution in [0.1, 0.15) is 37.9 Å². The number of hydrogen-bond donors (Lipinski definition) is 3. The molecule has 1 aromatic heterocycles. The number of amides is 2. The molecule has 11 heteroatoms. The fourth-order valence-electron chi connectivity index (χ4n) is 3.33. The fraction of sp³-hybridized carbons (Fsp3) is 0.647. The van der Waals surface area contributed by atoms with E-state index in [0.29, 0.717) is 17.4 Å². The first-order valence-corrected chi connectivity index (χ1v) is 9.14. The van der Waals surface area contributed by atoms with Crippen LogP contribution < -0.4 is 15.9 Å². The minimum atomic E-state index is -0.792. The molecule has 1 fully saturated rings. The topological polar surface area (TPSA) is 120 Å². The molecule has 0 bridgehead atoms. The Morgan fingerprint density at radius 1 is 1.43 bits per heavy atom. The van der Waals surface area contributed by atoms with E-state index in [2.05, 4.69) is 20.8 Å². The molecule has 2 rings (SSSR count). The van der Waals surface area contributed by atoms with E-state index in [0.717, 1.165) is 30.7 Å². The molecule has 0 saturated heterocycles. The van der Waals surface area contributed by atoms with Crippen molar-refractivity contribution in [3.8, 4) is 0 Å². The molecule has 0 aliphatic heterocycles. The highest BCUT2D eigenvalue weighted by Gasteiger charge is 2.27. The summed E-state index contributed by atoms with van der Waals surface area (Å²) in [7, 11) is 2.85. The van der Waals surface area contributed by atoms with Crippen LogP contribution >= 0.6 is 0 Å². The van der Waals surface area contributed by atoms with Crippen LogP contribution in [0, 0.1) is 24.6 Å². The summed E-state index contributed by atoms with van der Waals surface area (Å²) in [5.41, 5.74) is 4.90. The van der Waals surface area contributed by atoms with Gasteiger partial charge in [0.25, 0.3) is 0 Å². The van der Waals surface area contributed by atoms with Crippen molar-refractivity contribution in [3.05, 3.63) is 11.6 Å². The summed E-state index contributed by atoms with van der Waals surface area (Å²) in [6.07, 6.45) is 5.01. The summed E-state index contributed by atoms with van der Waals surface area (Å²) in [6, 6.07) is 0.